The molecule has 0 fully saturated rings. The van der Waals surface area contributed by atoms with Gasteiger partial charge in [-0.05, 0) is 71.1 Å². The minimum Gasteiger partial charge on any atom is -0.509 e. The number of nitrogens with zero attached hydrogens (tertiary/aromatic N) is 5. The molecule has 8 aromatic carbocycles. The van der Waals surface area contributed by atoms with Crippen LogP contribution in [0.2, 0.25) is 0 Å². The number of aromatic nitrogens is 2. The molecule has 0 N–H and O–H groups in total. The molecule has 0 radical (unpaired) electrons. The molecule has 65 heavy (non-hydrogen) atoms. The standard InChI is InChI=1S/C58H42N5O.Pt/c1-58(2,3)39-33-34-59-56(35-39)63-51-27-12-9-23-46(51)44-21-7-8-22-45(44)48-32-31-43(37-55(48)63)64-42-20-15-19-41(36-42)60-38-61(53-29-14-13-28-52(53)60)54-30-16-25-49-47-24-10-11-26-50(47)62(57(49)54)40-17-5-4-6-18-40;/h4-35,38H,1-3H3;/q-3;. The molecule has 10 aromatic rings. The zero-order valence-electron chi connectivity index (χ0n) is 36.0. The Kier molecular flexibility index (Phi) is 9.93. The van der Waals surface area contributed by atoms with E-state index in [1.165, 1.54) is 21.9 Å². The van der Waals surface area contributed by atoms with Crippen molar-refractivity contribution in [2.45, 2.75) is 26.2 Å². The van der Waals surface area contributed by atoms with Crippen LogP contribution >= 0.6 is 0 Å². The van der Waals surface area contributed by atoms with Crippen molar-refractivity contribution in [2.75, 3.05) is 14.7 Å². The van der Waals surface area contributed by atoms with Crippen LogP contribution in [0.4, 0.5) is 39.9 Å². The Bertz CT molecular complexity index is 3430. The van der Waals surface area contributed by atoms with Gasteiger partial charge < -0.3 is 24.0 Å². The van der Waals surface area contributed by atoms with Gasteiger partial charge in [-0.25, -0.2) is 4.98 Å². The summed E-state index contributed by atoms with van der Waals surface area (Å²) in [6, 6.07) is 73.4. The Morgan fingerprint density at radius 2 is 1.15 bits per heavy atom. The van der Waals surface area contributed by atoms with Gasteiger partial charge in [0, 0.05) is 77.8 Å². The first-order valence-electron chi connectivity index (χ1n) is 21.7. The normalized spacial score (nSPS) is 12.9. The van der Waals surface area contributed by atoms with Crippen molar-refractivity contribution in [1.82, 2.24) is 9.55 Å². The average Bonchev–Trinajstić information content (AvgIpc) is 3.85. The van der Waals surface area contributed by atoms with E-state index in [1.807, 2.05) is 24.4 Å². The van der Waals surface area contributed by atoms with Gasteiger partial charge in [-0.3, -0.25) is 0 Å². The maximum absolute atomic E-state index is 6.76. The van der Waals surface area contributed by atoms with Crippen LogP contribution in [0, 0.1) is 18.8 Å². The zero-order valence-corrected chi connectivity index (χ0v) is 38.3. The van der Waals surface area contributed by atoms with Crippen molar-refractivity contribution in [3.8, 4) is 39.4 Å². The molecule has 0 atom stereocenters. The van der Waals surface area contributed by atoms with Crippen molar-refractivity contribution in [2.24, 2.45) is 0 Å². The molecular formula is C58H42N5OPt-3. The average molecular weight is 1020 g/mol. The summed E-state index contributed by atoms with van der Waals surface area (Å²) in [7, 11) is 0. The largest absolute Gasteiger partial charge is 0.509 e. The number of pyridine rings is 1. The maximum atomic E-state index is 6.76. The van der Waals surface area contributed by atoms with E-state index in [2.05, 4.69) is 229 Å². The number of fused-ring (bicyclic) bond motifs is 9. The predicted octanol–water partition coefficient (Wildman–Crippen LogP) is 15.4. The van der Waals surface area contributed by atoms with Crippen molar-refractivity contribution in [1.29, 1.82) is 0 Å². The molecule has 2 aliphatic rings. The van der Waals surface area contributed by atoms with Crippen LogP contribution in [-0.2, 0) is 26.5 Å². The van der Waals surface area contributed by atoms with Crippen LogP contribution in [0.5, 0.6) is 11.5 Å². The quantitative estimate of drug-likeness (QED) is 0.155. The monoisotopic (exact) mass is 1020 g/mol. The van der Waals surface area contributed by atoms with Crippen LogP contribution in [-0.4, -0.2) is 9.55 Å². The number of benzene rings is 8. The summed E-state index contributed by atoms with van der Waals surface area (Å²) in [6.45, 7) is 8.87. The van der Waals surface area contributed by atoms with Gasteiger partial charge in [0.1, 0.15) is 5.82 Å². The van der Waals surface area contributed by atoms with E-state index in [0.717, 1.165) is 73.4 Å². The topological polar surface area (TPSA) is 36.8 Å². The molecule has 0 aliphatic carbocycles. The van der Waals surface area contributed by atoms with E-state index >= 15 is 0 Å². The third kappa shape index (κ3) is 6.79. The van der Waals surface area contributed by atoms with Gasteiger partial charge in [0.05, 0.1) is 16.7 Å². The fourth-order valence-corrected chi connectivity index (χ4v) is 9.42. The first-order valence-corrected chi connectivity index (χ1v) is 21.7. The van der Waals surface area contributed by atoms with Crippen molar-refractivity contribution in [3.05, 3.63) is 219 Å². The first-order chi connectivity index (χ1) is 31.4. The molecule has 4 heterocycles. The Morgan fingerprint density at radius 3 is 1.95 bits per heavy atom. The zero-order chi connectivity index (χ0) is 42.9. The van der Waals surface area contributed by atoms with E-state index < -0.39 is 0 Å². The third-order valence-corrected chi connectivity index (χ3v) is 12.4. The SMILES string of the molecule is CC(C)(C)c1ccnc(N2c3[c-]c(Oc4[c-]c(N5[CH-]N(c6cccc7c8ccccc8n(-c8ccccc8)c67)c6ccccc65)ccc4)ccc3-c3ccccc3-c3ccccc32)c1.[Pt]. The molecule has 2 aliphatic heterocycles. The Labute approximate surface area is 393 Å². The Morgan fingerprint density at radius 1 is 0.523 bits per heavy atom. The van der Waals surface area contributed by atoms with Crippen molar-refractivity contribution in [3.63, 3.8) is 0 Å². The summed E-state index contributed by atoms with van der Waals surface area (Å²) >= 11 is 0. The molecule has 7 heteroatoms. The number of para-hydroxylation sites is 6. The molecule has 0 amide bonds. The Balaban J connectivity index is 0.00000469. The molecule has 6 nitrogen and oxygen atoms in total. The van der Waals surface area contributed by atoms with Gasteiger partial charge in [0.2, 0.25) is 0 Å². The molecule has 0 saturated heterocycles. The minimum absolute atomic E-state index is 0. The third-order valence-electron chi connectivity index (χ3n) is 12.4. The molecule has 0 unspecified atom stereocenters. The van der Waals surface area contributed by atoms with Crippen molar-refractivity contribution < 1.29 is 25.8 Å². The summed E-state index contributed by atoms with van der Waals surface area (Å²) in [5.74, 6) is 1.98. The van der Waals surface area contributed by atoms with E-state index in [9.17, 15) is 0 Å². The molecule has 0 saturated carbocycles. The van der Waals surface area contributed by atoms with E-state index in [1.54, 1.807) is 0 Å². The summed E-state index contributed by atoms with van der Waals surface area (Å²) in [4.78, 5) is 11.7. The van der Waals surface area contributed by atoms with E-state index in [4.69, 9.17) is 9.72 Å². The van der Waals surface area contributed by atoms with Crippen LogP contribution in [0.25, 0.3) is 49.7 Å². The number of hydrogen-bond donors (Lipinski definition) is 0. The van der Waals surface area contributed by atoms with Gasteiger partial charge in [-0.15, -0.1) is 48.3 Å². The first kappa shape index (κ1) is 40.4. The second kappa shape index (κ2) is 16.0. The molecule has 318 valence electrons. The van der Waals surface area contributed by atoms with Gasteiger partial charge in [-0.2, -0.15) is 12.1 Å². The molecular weight excluding hydrogens is 978 g/mol. The number of ether oxygens (including phenoxy) is 1. The molecule has 12 rings (SSSR count). The van der Waals surface area contributed by atoms with Crippen LogP contribution in [0.3, 0.4) is 0 Å². The van der Waals surface area contributed by atoms with Crippen LogP contribution in [0.15, 0.2) is 194 Å². The van der Waals surface area contributed by atoms with Gasteiger partial charge in [0.25, 0.3) is 0 Å². The van der Waals surface area contributed by atoms with Gasteiger partial charge >= 0.3 is 0 Å². The van der Waals surface area contributed by atoms with Crippen LogP contribution < -0.4 is 19.4 Å². The second-order valence-corrected chi connectivity index (χ2v) is 17.3. The fraction of sp³-hybridized carbons (Fsp3) is 0.0690. The fourth-order valence-electron chi connectivity index (χ4n) is 9.42. The summed E-state index contributed by atoms with van der Waals surface area (Å²) in [5, 5.41) is 2.41. The molecule has 2 aromatic heterocycles. The van der Waals surface area contributed by atoms with Gasteiger partial charge in [0.15, 0.2) is 0 Å². The predicted molar refractivity (Wildman–Crippen MR) is 262 cm³/mol. The summed E-state index contributed by atoms with van der Waals surface area (Å²) in [6.07, 6.45) is 1.91. The number of rotatable bonds is 6. The minimum atomic E-state index is -0.0653. The van der Waals surface area contributed by atoms with E-state index in [0.29, 0.717) is 11.5 Å². The Hall–Kier alpha value is -7.40. The van der Waals surface area contributed by atoms with E-state index in [-0.39, 0.29) is 26.5 Å². The number of anilines is 7. The molecule has 0 bridgehead atoms. The van der Waals surface area contributed by atoms with Crippen LogP contribution in [0.1, 0.15) is 26.3 Å². The smallest absolute Gasteiger partial charge is 0.135 e. The maximum Gasteiger partial charge on any atom is 0.135 e. The van der Waals surface area contributed by atoms with Gasteiger partial charge in [-0.1, -0.05) is 135 Å². The summed E-state index contributed by atoms with van der Waals surface area (Å²) < 4.78 is 9.14. The molecule has 0 spiro atoms. The summed E-state index contributed by atoms with van der Waals surface area (Å²) in [5.41, 5.74) is 15.0. The second-order valence-electron chi connectivity index (χ2n) is 17.3. The number of hydrogen-bond acceptors (Lipinski definition) is 5. The van der Waals surface area contributed by atoms with Crippen molar-refractivity contribution >= 4 is 61.7 Å².